The Morgan fingerprint density at radius 3 is 2.45 bits per heavy atom. The maximum absolute atomic E-state index is 10.1. The molecule has 1 atom stereocenters. The van der Waals surface area contributed by atoms with E-state index in [1.807, 2.05) is 0 Å². The predicted octanol–water partition coefficient (Wildman–Crippen LogP) is 1.15. The summed E-state index contributed by atoms with van der Waals surface area (Å²) >= 11 is 0. The van der Waals surface area contributed by atoms with Crippen molar-refractivity contribution in [1.29, 1.82) is 0 Å². The predicted molar refractivity (Wildman–Crippen MR) is 46.5 cm³/mol. The van der Waals surface area contributed by atoms with Crippen molar-refractivity contribution in [3.05, 3.63) is 0 Å². The first kappa shape index (κ1) is 9.01. The molecule has 0 aromatic rings. The number of nitrogens with one attached hydrogen (secondary N) is 1. The number of aliphatic hydroxyl groups is 1. The van der Waals surface area contributed by atoms with Gasteiger partial charge in [0.2, 0.25) is 0 Å². The van der Waals surface area contributed by atoms with E-state index in [1.165, 1.54) is 0 Å². The fourth-order valence-corrected chi connectivity index (χ4v) is 1.73. The molecular weight excluding hydrogens is 138 g/mol. The Hall–Kier alpha value is -0.0800. The Morgan fingerprint density at radius 2 is 2.00 bits per heavy atom. The highest BCUT2D eigenvalue weighted by Crippen LogP contribution is 2.28. The van der Waals surface area contributed by atoms with Crippen LogP contribution in [0.5, 0.6) is 0 Å². The molecule has 1 unspecified atom stereocenters. The van der Waals surface area contributed by atoms with Crippen molar-refractivity contribution in [2.24, 2.45) is 5.92 Å². The maximum atomic E-state index is 10.1. The van der Waals surface area contributed by atoms with Gasteiger partial charge in [0.15, 0.2) is 0 Å². The molecule has 0 saturated carbocycles. The van der Waals surface area contributed by atoms with E-state index in [0.717, 1.165) is 32.4 Å². The molecule has 0 aliphatic carbocycles. The first-order valence-electron chi connectivity index (χ1n) is 4.62. The van der Waals surface area contributed by atoms with Crippen molar-refractivity contribution in [1.82, 2.24) is 5.32 Å². The zero-order valence-corrected chi connectivity index (χ0v) is 7.56. The smallest absolute Gasteiger partial charge is 0.0697 e. The van der Waals surface area contributed by atoms with Gasteiger partial charge in [-0.1, -0.05) is 20.3 Å². The largest absolute Gasteiger partial charge is 0.390 e. The molecule has 1 aliphatic heterocycles. The monoisotopic (exact) mass is 157 g/mol. The van der Waals surface area contributed by atoms with E-state index in [0.29, 0.717) is 5.92 Å². The summed E-state index contributed by atoms with van der Waals surface area (Å²) in [6, 6.07) is 0. The van der Waals surface area contributed by atoms with Crippen LogP contribution in [0.1, 0.15) is 33.1 Å². The van der Waals surface area contributed by atoms with Crippen molar-refractivity contribution in [3.8, 4) is 0 Å². The molecular formula is C9H19NO. The minimum Gasteiger partial charge on any atom is -0.390 e. The van der Waals surface area contributed by atoms with E-state index >= 15 is 0 Å². The lowest BCUT2D eigenvalue weighted by molar-refractivity contribution is -0.0385. The van der Waals surface area contributed by atoms with Gasteiger partial charge in [0.25, 0.3) is 0 Å². The molecule has 1 aliphatic rings. The van der Waals surface area contributed by atoms with Crippen LogP contribution < -0.4 is 5.32 Å². The average Bonchev–Trinajstić information content (AvgIpc) is 2.04. The summed E-state index contributed by atoms with van der Waals surface area (Å²) in [5.41, 5.74) is -0.375. The van der Waals surface area contributed by atoms with E-state index in [1.54, 1.807) is 0 Å². The maximum Gasteiger partial charge on any atom is 0.0697 e. The minimum absolute atomic E-state index is 0.375. The zero-order valence-electron chi connectivity index (χ0n) is 7.56. The van der Waals surface area contributed by atoms with Gasteiger partial charge >= 0.3 is 0 Å². The van der Waals surface area contributed by atoms with E-state index in [4.69, 9.17) is 0 Å². The summed E-state index contributed by atoms with van der Waals surface area (Å²) < 4.78 is 0. The van der Waals surface area contributed by atoms with Crippen LogP contribution in [0.3, 0.4) is 0 Å². The van der Waals surface area contributed by atoms with Crippen LogP contribution in [0.15, 0.2) is 0 Å². The molecule has 0 bridgehead atoms. The number of hydrogen-bond acceptors (Lipinski definition) is 2. The molecule has 0 aromatic heterocycles. The number of rotatable bonds is 2. The van der Waals surface area contributed by atoms with E-state index in [9.17, 15) is 5.11 Å². The fourth-order valence-electron chi connectivity index (χ4n) is 1.73. The van der Waals surface area contributed by atoms with Gasteiger partial charge < -0.3 is 10.4 Å². The highest BCUT2D eigenvalue weighted by Gasteiger charge is 2.33. The Labute approximate surface area is 69.0 Å². The van der Waals surface area contributed by atoms with Crippen molar-refractivity contribution >= 4 is 0 Å². The molecule has 11 heavy (non-hydrogen) atoms. The molecule has 2 nitrogen and oxygen atoms in total. The Bertz CT molecular complexity index is 119. The van der Waals surface area contributed by atoms with Crippen molar-refractivity contribution in [3.63, 3.8) is 0 Å². The summed E-state index contributed by atoms with van der Waals surface area (Å²) in [5.74, 6) is 0.449. The molecule has 0 aromatic carbocycles. The third kappa shape index (κ3) is 1.94. The summed E-state index contributed by atoms with van der Waals surface area (Å²) in [7, 11) is 0. The lowest BCUT2D eigenvalue weighted by Gasteiger charge is -2.37. The van der Waals surface area contributed by atoms with Gasteiger partial charge in [0.05, 0.1) is 5.60 Å². The first-order valence-corrected chi connectivity index (χ1v) is 4.62. The van der Waals surface area contributed by atoms with Crippen LogP contribution >= 0.6 is 0 Å². The average molecular weight is 157 g/mol. The molecule has 2 heteroatoms. The van der Waals surface area contributed by atoms with Crippen LogP contribution in [0.25, 0.3) is 0 Å². The van der Waals surface area contributed by atoms with Crippen LogP contribution in [0, 0.1) is 5.92 Å². The molecule has 2 N–H and O–H groups in total. The normalized spacial score (nSPS) is 26.5. The van der Waals surface area contributed by atoms with Crippen molar-refractivity contribution in [2.75, 3.05) is 13.1 Å². The van der Waals surface area contributed by atoms with Crippen LogP contribution in [-0.2, 0) is 0 Å². The Morgan fingerprint density at radius 1 is 1.45 bits per heavy atom. The molecule has 1 rings (SSSR count). The van der Waals surface area contributed by atoms with E-state index in [2.05, 4.69) is 19.2 Å². The number of piperidine rings is 1. The van der Waals surface area contributed by atoms with Crippen LogP contribution in [0.4, 0.5) is 0 Å². The third-order valence-corrected chi connectivity index (χ3v) is 3.00. The highest BCUT2D eigenvalue weighted by atomic mass is 16.3. The summed E-state index contributed by atoms with van der Waals surface area (Å²) in [5, 5.41) is 13.4. The zero-order chi connectivity index (χ0) is 8.32. The second kappa shape index (κ2) is 3.55. The summed E-state index contributed by atoms with van der Waals surface area (Å²) in [4.78, 5) is 0. The lowest BCUT2D eigenvalue weighted by Crippen LogP contribution is -2.46. The second-order valence-corrected chi connectivity index (χ2v) is 3.66. The lowest BCUT2D eigenvalue weighted by atomic mass is 9.80. The molecule has 0 spiro atoms. The van der Waals surface area contributed by atoms with Gasteiger partial charge in [-0.15, -0.1) is 0 Å². The van der Waals surface area contributed by atoms with Crippen LogP contribution in [-0.4, -0.2) is 23.8 Å². The molecule has 1 fully saturated rings. The fraction of sp³-hybridized carbons (Fsp3) is 1.00. The summed E-state index contributed by atoms with van der Waals surface area (Å²) in [6.07, 6.45) is 2.92. The van der Waals surface area contributed by atoms with Gasteiger partial charge in [0, 0.05) is 0 Å². The van der Waals surface area contributed by atoms with Gasteiger partial charge in [-0.05, 0) is 31.8 Å². The van der Waals surface area contributed by atoms with Crippen LogP contribution in [0.2, 0.25) is 0 Å². The topological polar surface area (TPSA) is 32.3 Å². The van der Waals surface area contributed by atoms with E-state index < -0.39 is 0 Å². The quantitative estimate of drug-likeness (QED) is 0.630. The number of hydrogen-bond donors (Lipinski definition) is 2. The van der Waals surface area contributed by atoms with Gasteiger partial charge in [-0.25, -0.2) is 0 Å². The third-order valence-electron chi connectivity index (χ3n) is 3.00. The van der Waals surface area contributed by atoms with Gasteiger partial charge in [-0.3, -0.25) is 0 Å². The Kier molecular flexibility index (Phi) is 2.90. The van der Waals surface area contributed by atoms with Gasteiger partial charge in [-0.2, -0.15) is 0 Å². The standard InChI is InChI=1S/C9H19NO/c1-3-8(2)9(11)4-6-10-7-5-9/h8,10-11H,3-7H2,1-2H3. The first-order chi connectivity index (χ1) is 5.19. The molecule has 66 valence electrons. The molecule has 1 heterocycles. The van der Waals surface area contributed by atoms with E-state index in [-0.39, 0.29) is 5.60 Å². The minimum atomic E-state index is -0.375. The molecule has 1 saturated heterocycles. The second-order valence-electron chi connectivity index (χ2n) is 3.66. The Balaban J connectivity index is 2.49. The highest BCUT2D eigenvalue weighted by molar-refractivity contribution is 4.87. The van der Waals surface area contributed by atoms with Crippen molar-refractivity contribution < 1.29 is 5.11 Å². The van der Waals surface area contributed by atoms with Crippen molar-refractivity contribution in [2.45, 2.75) is 38.7 Å². The van der Waals surface area contributed by atoms with Gasteiger partial charge in [0.1, 0.15) is 0 Å². The SMILES string of the molecule is CCC(C)C1(O)CCNCC1. The summed E-state index contributed by atoms with van der Waals surface area (Å²) in [6.45, 7) is 6.23. The molecule has 0 amide bonds. The molecule has 0 radical (unpaired) electrons.